The van der Waals surface area contributed by atoms with E-state index in [0.717, 1.165) is 25.9 Å². The van der Waals surface area contributed by atoms with E-state index in [9.17, 15) is 9.59 Å². The quantitative estimate of drug-likeness (QED) is 0.777. The van der Waals surface area contributed by atoms with E-state index in [1.807, 2.05) is 0 Å². The second-order valence-electron chi connectivity index (χ2n) is 6.06. The molecule has 0 bridgehead atoms. The number of carboxylic acids is 1. The summed E-state index contributed by atoms with van der Waals surface area (Å²) in [4.78, 5) is 24.9. The second-order valence-corrected chi connectivity index (χ2v) is 6.06. The van der Waals surface area contributed by atoms with Crippen LogP contribution < -0.4 is 5.32 Å². The lowest BCUT2D eigenvalue weighted by Gasteiger charge is -2.39. The number of carboxylic acid groups (broad SMARTS) is 1. The molecule has 1 aliphatic carbocycles. The highest BCUT2D eigenvalue weighted by Crippen LogP contribution is 2.46. The van der Waals surface area contributed by atoms with Crippen molar-refractivity contribution >= 4 is 12.0 Å². The van der Waals surface area contributed by atoms with Gasteiger partial charge in [-0.25, -0.2) is 9.59 Å². The highest BCUT2D eigenvalue weighted by molar-refractivity contribution is 5.82. The molecule has 1 spiro atoms. The Hall–Kier alpha value is -1.52. The summed E-state index contributed by atoms with van der Waals surface area (Å²) < 4.78 is 0. The lowest BCUT2D eigenvalue weighted by Crippen LogP contribution is -2.51. The van der Waals surface area contributed by atoms with Gasteiger partial charge in [-0.05, 0) is 37.5 Å². The fraction of sp³-hybridized carbons (Fsp3) is 0.733. The van der Waals surface area contributed by atoms with Crippen molar-refractivity contribution in [3.63, 3.8) is 0 Å². The molecule has 20 heavy (non-hydrogen) atoms. The number of amides is 2. The Morgan fingerprint density at radius 1 is 1.25 bits per heavy atom. The molecule has 2 aliphatic rings. The van der Waals surface area contributed by atoms with Gasteiger partial charge >= 0.3 is 12.0 Å². The van der Waals surface area contributed by atoms with Crippen LogP contribution in [0.2, 0.25) is 0 Å². The zero-order chi connectivity index (χ0) is 14.6. The molecule has 1 aliphatic heterocycles. The minimum atomic E-state index is -1.01. The van der Waals surface area contributed by atoms with Gasteiger partial charge in [0.25, 0.3) is 0 Å². The third-order valence-electron chi connectivity index (χ3n) is 4.77. The second kappa shape index (κ2) is 6.29. The smallest absolute Gasteiger partial charge is 0.326 e. The Morgan fingerprint density at radius 2 is 1.85 bits per heavy atom. The van der Waals surface area contributed by atoms with Gasteiger partial charge in [0.1, 0.15) is 6.04 Å². The fourth-order valence-electron chi connectivity index (χ4n) is 3.44. The molecule has 112 valence electrons. The summed E-state index contributed by atoms with van der Waals surface area (Å²) in [5.41, 5.74) is 0.462. The number of nitrogens with one attached hydrogen (secondary N) is 1. The Bertz CT molecular complexity index is 379. The van der Waals surface area contributed by atoms with Crippen LogP contribution in [0.5, 0.6) is 0 Å². The number of hydrogen-bond acceptors (Lipinski definition) is 2. The van der Waals surface area contributed by atoms with E-state index in [1.165, 1.54) is 31.8 Å². The van der Waals surface area contributed by atoms with Crippen LogP contribution in [0.15, 0.2) is 12.7 Å². The van der Waals surface area contributed by atoms with Crippen LogP contribution in [0.4, 0.5) is 4.79 Å². The summed E-state index contributed by atoms with van der Waals surface area (Å²) in [5, 5.41) is 11.6. The highest BCUT2D eigenvalue weighted by Gasteiger charge is 2.38. The molecule has 2 fully saturated rings. The number of likely N-dealkylation sites (tertiary alicyclic amines) is 1. The summed E-state index contributed by atoms with van der Waals surface area (Å²) >= 11 is 0. The normalized spacial score (nSPS) is 22.5. The number of urea groups is 1. The van der Waals surface area contributed by atoms with E-state index in [-0.39, 0.29) is 12.5 Å². The molecule has 1 saturated carbocycles. The third-order valence-corrected chi connectivity index (χ3v) is 4.77. The van der Waals surface area contributed by atoms with E-state index in [0.29, 0.717) is 5.41 Å². The predicted octanol–water partition coefficient (Wildman–Crippen LogP) is 2.38. The fourth-order valence-corrected chi connectivity index (χ4v) is 3.44. The Labute approximate surface area is 120 Å². The van der Waals surface area contributed by atoms with Gasteiger partial charge in [-0.2, -0.15) is 0 Å². The van der Waals surface area contributed by atoms with Crippen LogP contribution in [-0.2, 0) is 4.79 Å². The van der Waals surface area contributed by atoms with Gasteiger partial charge in [-0.15, -0.1) is 6.58 Å². The zero-order valence-electron chi connectivity index (χ0n) is 11.9. The Kier molecular flexibility index (Phi) is 4.68. The van der Waals surface area contributed by atoms with E-state index in [4.69, 9.17) is 5.11 Å². The number of nitrogens with zero attached hydrogens (tertiary/aromatic N) is 1. The molecule has 2 amide bonds. The van der Waals surface area contributed by atoms with Crippen molar-refractivity contribution in [1.82, 2.24) is 10.2 Å². The largest absolute Gasteiger partial charge is 0.480 e. The molecule has 1 unspecified atom stereocenters. The van der Waals surface area contributed by atoms with Crippen molar-refractivity contribution in [3.05, 3.63) is 12.7 Å². The van der Waals surface area contributed by atoms with Crippen LogP contribution in [0.25, 0.3) is 0 Å². The number of aliphatic carboxylic acids is 1. The monoisotopic (exact) mass is 280 g/mol. The van der Waals surface area contributed by atoms with Gasteiger partial charge in [-0.3, -0.25) is 0 Å². The molecule has 0 aromatic rings. The molecule has 2 rings (SSSR count). The summed E-state index contributed by atoms with van der Waals surface area (Å²) in [5.74, 6) is -1.01. The summed E-state index contributed by atoms with van der Waals surface area (Å²) in [7, 11) is 0. The van der Waals surface area contributed by atoms with Gasteiger partial charge in [0.05, 0.1) is 0 Å². The van der Waals surface area contributed by atoms with Crippen molar-refractivity contribution in [2.24, 2.45) is 5.41 Å². The lowest BCUT2D eigenvalue weighted by atomic mass is 9.77. The average Bonchev–Trinajstić information content (AvgIpc) is 2.87. The van der Waals surface area contributed by atoms with Crippen LogP contribution in [0.1, 0.15) is 44.9 Å². The first-order chi connectivity index (χ1) is 9.56. The maximum atomic E-state index is 12.1. The van der Waals surface area contributed by atoms with Gasteiger partial charge in [-0.1, -0.05) is 18.9 Å². The van der Waals surface area contributed by atoms with Crippen LogP contribution in [-0.4, -0.2) is 41.1 Å². The topological polar surface area (TPSA) is 69.6 Å². The average molecular weight is 280 g/mol. The van der Waals surface area contributed by atoms with Crippen LogP contribution in [0, 0.1) is 5.41 Å². The zero-order valence-corrected chi connectivity index (χ0v) is 11.9. The predicted molar refractivity (Wildman–Crippen MR) is 76.5 cm³/mol. The van der Waals surface area contributed by atoms with Crippen molar-refractivity contribution in [2.75, 3.05) is 13.1 Å². The van der Waals surface area contributed by atoms with Crippen molar-refractivity contribution in [2.45, 2.75) is 51.0 Å². The molecular formula is C15H24N2O3. The Balaban J connectivity index is 1.84. The standard InChI is InChI=1S/C15H24N2O3/c1-2-5-12(13(18)19)16-14(20)17-10-8-15(9-11-17)6-3-4-7-15/h2,12H,1,3-11H2,(H,16,20)(H,18,19). The van der Waals surface area contributed by atoms with Gasteiger partial charge in [0.15, 0.2) is 0 Å². The first kappa shape index (κ1) is 14.9. The minimum absolute atomic E-state index is 0.249. The van der Waals surface area contributed by atoms with E-state index in [1.54, 1.807) is 4.90 Å². The SMILES string of the molecule is C=CCC(NC(=O)N1CCC2(CCCC2)CC1)C(=O)O. The minimum Gasteiger partial charge on any atom is -0.480 e. The first-order valence-electron chi connectivity index (χ1n) is 7.45. The molecule has 1 heterocycles. The number of carbonyl (C=O) groups is 2. The molecule has 5 heteroatoms. The molecule has 1 atom stereocenters. The molecule has 2 N–H and O–H groups in total. The maximum absolute atomic E-state index is 12.1. The lowest BCUT2D eigenvalue weighted by molar-refractivity contribution is -0.139. The van der Waals surface area contributed by atoms with E-state index >= 15 is 0 Å². The number of piperidine rings is 1. The molecule has 1 saturated heterocycles. The van der Waals surface area contributed by atoms with Gasteiger partial charge in [0.2, 0.25) is 0 Å². The first-order valence-corrected chi connectivity index (χ1v) is 7.45. The van der Waals surface area contributed by atoms with Crippen molar-refractivity contribution in [3.8, 4) is 0 Å². The molecular weight excluding hydrogens is 256 g/mol. The summed E-state index contributed by atoms with van der Waals surface area (Å²) in [6.07, 6.45) is 9.08. The van der Waals surface area contributed by atoms with Crippen LogP contribution in [0.3, 0.4) is 0 Å². The molecule has 0 aromatic carbocycles. The maximum Gasteiger partial charge on any atom is 0.326 e. The summed E-state index contributed by atoms with van der Waals surface area (Å²) in [6.45, 7) is 5.01. The number of hydrogen-bond donors (Lipinski definition) is 2. The van der Waals surface area contributed by atoms with Gasteiger partial charge in [0, 0.05) is 13.1 Å². The molecule has 0 aromatic heterocycles. The number of carbonyl (C=O) groups excluding carboxylic acids is 1. The summed E-state index contributed by atoms with van der Waals surface area (Å²) in [6, 6.07) is -1.13. The van der Waals surface area contributed by atoms with E-state index < -0.39 is 12.0 Å². The molecule has 5 nitrogen and oxygen atoms in total. The Morgan fingerprint density at radius 3 is 2.35 bits per heavy atom. The highest BCUT2D eigenvalue weighted by atomic mass is 16.4. The van der Waals surface area contributed by atoms with Crippen LogP contribution >= 0.6 is 0 Å². The van der Waals surface area contributed by atoms with E-state index in [2.05, 4.69) is 11.9 Å². The van der Waals surface area contributed by atoms with Crippen molar-refractivity contribution < 1.29 is 14.7 Å². The third kappa shape index (κ3) is 3.32. The van der Waals surface area contributed by atoms with Gasteiger partial charge < -0.3 is 15.3 Å². The molecule has 0 radical (unpaired) electrons. The number of rotatable bonds is 4. The van der Waals surface area contributed by atoms with Crippen molar-refractivity contribution in [1.29, 1.82) is 0 Å².